The van der Waals surface area contributed by atoms with E-state index in [1.165, 1.54) is 4.70 Å². The normalized spacial score (nSPS) is 22.1. The van der Waals surface area contributed by atoms with Crippen LogP contribution in [0.25, 0.3) is 10.2 Å². The molecule has 3 rings (SSSR count). The van der Waals surface area contributed by atoms with Gasteiger partial charge in [-0.1, -0.05) is 12.1 Å². The van der Waals surface area contributed by atoms with Gasteiger partial charge in [-0.15, -0.1) is 11.3 Å². The van der Waals surface area contributed by atoms with E-state index < -0.39 is 0 Å². The molecular weight excluding hydrogens is 232 g/mol. The Kier molecular flexibility index (Phi) is 3.09. The van der Waals surface area contributed by atoms with Crippen LogP contribution in [0.2, 0.25) is 0 Å². The molecule has 1 fully saturated rings. The first-order chi connectivity index (χ1) is 8.33. The smallest absolute Gasteiger partial charge is 0.111 e. The van der Waals surface area contributed by atoms with E-state index in [2.05, 4.69) is 35.4 Å². The molecular formula is C13H16N2OS. The van der Waals surface area contributed by atoms with Crippen molar-refractivity contribution in [1.29, 1.82) is 0 Å². The fraction of sp³-hybridized carbons (Fsp3) is 0.462. The van der Waals surface area contributed by atoms with Crippen LogP contribution in [0.4, 0.5) is 0 Å². The SMILES string of the molecule is CC(NC1CCOC1)c1nc2ccccc2s1. The van der Waals surface area contributed by atoms with Gasteiger partial charge in [-0.05, 0) is 25.5 Å². The van der Waals surface area contributed by atoms with Crippen molar-refractivity contribution in [2.75, 3.05) is 13.2 Å². The third-order valence-electron chi connectivity index (χ3n) is 3.10. The van der Waals surface area contributed by atoms with Gasteiger partial charge in [0.05, 0.1) is 22.9 Å². The van der Waals surface area contributed by atoms with E-state index >= 15 is 0 Å². The number of benzene rings is 1. The molecule has 2 atom stereocenters. The van der Waals surface area contributed by atoms with E-state index in [4.69, 9.17) is 4.74 Å². The molecule has 1 saturated heterocycles. The number of hydrogen-bond acceptors (Lipinski definition) is 4. The predicted molar refractivity (Wildman–Crippen MR) is 70.4 cm³/mol. The largest absolute Gasteiger partial charge is 0.380 e. The Morgan fingerprint density at radius 3 is 3.12 bits per heavy atom. The van der Waals surface area contributed by atoms with Gasteiger partial charge in [0.1, 0.15) is 5.01 Å². The van der Waals surface area contributed by atoms with Crippen LogP contribution in [-0.2, 0) is 4.74 Å². The topological polar surface area (TPSA) is 34.1 Å². The fourth-order valence-electron chi connectivity index (χ4n) is 2.17. The van der Waals surface area contributed by atoms with E-state index in [-0.39, 0.29) is 0 Å². The van der Waals surface area contributed by atoms with E-state index in [0.717, 1.165) is 30.2 Å². The maximum atomic E-state index is 5.37. The van der Waals surface area contributed by atoms with E-state index in [9.17, 15) is 0 Å². The first-order valence-corrected chi connectivity index (χ1v) is 6.84. The van der Waals surface area contributed by atoms with Gasteiger partial charge in [-0.3, -0.25) is 0 Å². The van der Waals surface area contributed by atoms with E-state index in [0.29, 0.717) is 12.1 Å². The Hall–Kier alpha value is -0.970. The fourth-order valence-corrected chi connectivity index (χ4v) is 3.15. The minimum absolute atomic E-state index is 0.305. The molecule has 90 valence electrons. The Labute approximate surface area is 105 Å². The average Bonchev–Trinajstić information content (AvgIpc) is 2.96. The molecule has 0 bridgehead atoms. The van der Waals surface area contributed by atoms with Crippen molar-refractivity contribution in [3.63, 3.8) is 0 Å². The van der Waals surface area contributed by atoms with Gasteiger partial charge in [-0.2, -0.15) is 0 Å². The van der Waals surface area contributed by atoms with Gasteiger partial charge >= 0.3 is 0 Å². The molecule has 0 radical (unpaired) electrons. The second-order valence-corrected chi connectivity index (χ2v) is 5.53. The van der Waals surface area contributed by atoms with Crippen LogP contribution in [0.15, 0.2) is 24.3 Å². The van der Waals surface area contributed by atoms with Crippen LogP contribution in [-0.4, -0.2) is 24.2 Å². The summed E-state index contributed by atoms with van der Waals surface area (Å²) in [6.07, 6.45) is 1.11. The number of ether oxygens (including phenoxy) is 1. The molecule has 4 heteroatoms. The van der Waals surface area contributed by atoms with Gasteiger partial charge in [0.15, 0.2) is 0 Å². The number of fused-ring (bicyclic) bond motifs is 1. The zero-order chi connectivity index (χ0) is 11.7. The molecule has 0 spiro atoms. The van der Waals surface area contributed by atoms with Crippen LogP contribution in [0.3, 0.4) is 0 Å². The predicted octanol–water partition coefficient (Wildman–Crippen LogP) is 2.74. The maximum Gasteiger partial charge on any atom is 0.111 e. The Morgan fingerprint density at radius 1 is 1.47 bits per heavy atom. The van der Waals surface area contributed by atoms with E-state index in [1.54, 1.807) is 11.3 Å². The third kappa shape index (κ3) is 2.34. The molecule has 3 nitrogen and oxygen atoms in total. The summed E-state index contributed by atoms with van der Waals surface area (Å²) in [5, 5.41) is 4.74. The summed E-state index contributed by atoms with van der Waals surface area (Å²) in [5.74, 6) is 0. The number of para-hydroxylation sites is 1. The van der Waals surface area contributed by atoms with Crippen LogP contribution >= 0.6 is 11.3 Å². The highest BCUT2D eigenvalue weighted by Gasteiger charge is 2.19. The summed E-state index contributed by atoms with van der Waals surface area (Å²) in [6.45, 7) is 3.88. The van der Waals surface area contributed by atoms with Crippen molar-refractivity contribution in [1.82, 2.24) is 10.3 Å². The van der Waals surface area contributed by atoms with Gasteiger partial charge < -0.3 is 10.1 Å². The Morgan fingerprint density at radius 2 is 2.35 bits per heavy atom. The molecule has 1 aromatic carbocycles. The van der Waals surface area contributed by atoms with Crippen molar-refractivity contribution < 1.29 is 4.74 Å². The zero-order valence-corrected chi connectivity index (χ0v) is 10.7. The lowest BCUT2D eigenvalue weighted by atomic mass is 10.2. The highest BCUT2D eigenvalue weighted by atomic mass is 32.1. The molecule has 0 amide bonds. The molecule has 2 aromatic rings. The molecule has 0 saturated carbocycles. The molecule has 1 N–H and O–H groups in total. The number of nitrogens with one attached hydrogen (secondary N) is 1. The summed E-state index contributed by atoms with van der Waals surface area (Å²) < 4.78 is 6.64. The van der Waals surface area contributed by atoms with Crippen LogP contribution in [0, 0.1) is 0 Å². The van der Waals surface area contributed by atoms with Crippen molar-refractivity contribution in [2.24, 2.45) is 0 Å². The molecule has 1 aromatic heterocycles. The zero-order valence-electron chi connectivity index (χ0n) is 9.85. The Bertz CT molecular complexity index is 472. The first-order valence-electron chi connectivity index (χ1n) is 6.02. The minimum Gasteiger partial charge on any atom is -0.380 e. The van der Waals surface area contributed by atoms with Crippen molar-refractivity contribution in [3.8, 4) is 0 Å². The van der Waals surface area contributed by atoms with E-state index in [1.807, 2.05) is 6.07 Å². The number of thiazole rings is 1. The monoisotopic (exact) mass is 248 g/mol. The Balaban J connectivity index is 1.77. The lowest BCUT2D eigenvalue weighted by Crippen LogP contribution is -2.31. The minimum atomic E-state index is 0.305. The summed E-state index contributed by atoms with van der Waals surface area (Å²) in [4.78, 5) is 4.67. The third-order valence-corrected chi connectivity index (χ3v) is 4.32. The lowest BCUT2D eigenvalue weighted by molar-refractivity contribution is 0.188. The van der Waals surface area contributed by atoms with Crippen molar-refractivity contribution in [3.05, 3.63) is 29.3 Å². The highest BCUT2D eigenvalue weighted by Crippen LogP contribution is 2.26. The molecule has 1 aliphatic rings. The average molecular weight is 248 g/mol. The number of rotatable bonds is 3. The molecule has 2 unspecified atom stereocenters. The molecule has 17 heavy (non-hydrogen) atoms. The standard InChI is InChI=1S/C13H16N2OS/c1-9(14-10-6-7-16-8-10)13-15-11-4-2-3-5-12(11)17-13/h2-5,9-10,14H,6-8H2,1H3. The lowest BCUT2D eigenvalue weighted by Gasteiger charge is -2.15. The first kappa shape index (κ1) is 11.1. The van der Waals surface area contributed by atoms with Crippen molar-refractivity contribution in [2.45, 2.75) is 25.4 Å². The molecule has 2 heterocycles. The second kappa shape index (κ2) is 4.72. The van der Waals surface area contributed by atoms with Gasteiger partial charge in [-0.25, -0.2) is 4.98 Å². The molecule has 1 aliphatic heterocycles. The summed E-state index contributed by atoms with van der Waals surface area (Å²) in [6, 6.07) is 9.08. The quantitative estimate of drug-likeness (QED) is 0.907. The maximum absolute atomic E-state index is 5.37. The van der Waals surface area contributed by atoms with Crippen LogP contribution < -0.4 is 5.32 Å². The van der Waals surface area contributed by atoms with Crippen molar-refractivity contribution >= 4 is 21.6 Å². The number of aromatic nitrogens is 1. The van der Waals surface area contributed by atoms with Gasteiger partial charge in [0, 0.05) is 12.6 Å². The number of hydrogen-bond donors (Lipinski definition) is 1. The van der Waals surface area contributed by atoms with Gasteiger partial charge in [0.2, 0.25) is 0 Å². The summed E-state index contributed by atoms with van der Waals surface area (Å²) in [5.41, 5.74) is 1.10. The number of nitrogens with zero attached hydrogens (tertiary/aromatic N) is 1. The molecule has 0 aliphatic carbocycles. The van der Waals surface area contributed by atoms with Crippen LogP contribution in [0.5, 0.6) is 0 Å². The summed E-state index contributed by atoms with van der Waals surface area (Å²) >= 11 is 1.77. The highest BCUT2D eigenvalue weighted by molar-refractivity contribution is 7.18. The summed E-state index contributed by atoms with van der Waals surface area (Å²) in [7, 11) is 0. The van der Waals surface area contributed by atoms with Crippen LogP contribution in [0.1, 0.15) is 24.4 Å². The second-order valence-electron chi connectivity index (χ2n) is 4.47. The van der Waals surface area contributed by atoms with Gasteiger partial charge in [0.25, 0.3) is 0 Å².